The lowest BCUT2D eigenvalue weighted by atomic mass is 10.1. The highest BCUT2D eigenvalue weighted by Crippen LogP contribution is 2.35. The number of carbonyl (C=O) groups is 1. The molecule has 1 aromatic carbocycles. The van der Waals surface area contributed by atoms with Gasteiger partial charge in [-0.15, -0.1) is 0 Å². The van der Waals surface area contributed by atoms with Crippen molar-refractivity contribution in [3.8, 4) is 0 Å². The number of carboxylic acids is 1. The Balaban J connectivity index is 2.09. The van der Waals surface area contributed by atoms with Gasteiger partial charge < -0.3 is 10.1 Å². The standard InChI is InChI=1S/C15H17N3O4S/c1-9(2)14-16-8-12(17-14)23(21,22)18-7-6-10-4-3-5-11(13(10)18)15(19)20/h3-5,8-9H,6-7H2,1-2H3,(H,16,17)(H,19,20). The molecule has 0 saturated carbocycles. The Bertz CT molecular complexity index is 871. The molecule has 3 rings (SSSR count). The van der Waals surface area contributed by atoms with Gasteiger partial charge in [0.25, 0.3) is 10.0 Å². The highest BCUT2D eigenvalue weighted by molar-refractivity contribution is 7.92. The molecule has 1 aromatic heterocycles. The number of aromatic nitrogens is 2. The first kappa shape index (κ1) is 15.5. The second-order valence-corrected chi connectivity index (χ2v) is 7.56. The van der Waals surface area contributed by atoms with Crippen molar-refractivity contribution in [2.45, 2.75) is 31.2 Å². The summed E-state index contributed by atoms with van der Waals surface area (Å²) in [4.78, 5) is 18.3. The van der Waals surface area contributed by atoms with E-state index in [1.54, 1.807) is 12.1 Å². The van der Waals surface area contributed by atoms with Crippen molar-refractivity contribution in [2.24, 2.45) is 0 Å². The van der Waals surface area contributed by atoms with Crippen LogP contribution in [0.15, 0.2) is 29.4 Å². The first-order chi connectivity index (χ1) is 10.8. The molecule has 2 N–H and O–H groups in total. The highest BCUT2D eigenvalue weighted by atomic mass is 32.2. The van der Waals surface area contributed by atoms with E-state index in [0.29, 0.717) is 12.2 Å². The monoisotopic (exact) mass is 335 g/mol. The average Bonchev–Trinajstić information content (AvgIpc) is 3.14. The Kier molecular flexibility index (Phi) is 3.63. The van der Waals surface area contributed by atoms with Gasteiger partial charge in [-0.05, 0) is 18.1 Å². The number of carboxylic acid groups (broad SMARTS) is 1. The van der Waals surface area contributed by atoms with Crippen molar-refractivity contribution in [3.63, 3.8) is 0 Å². The first-order valence-corrected chi connectivity index (χ1v) is 8.69. The number of anilines is 1. The Morgan fingerprint density at radius 1 is 1.39 bits per heavy atom. The first-order valence-electron chi connectivity index (χ1n) is 7.25. The minimum absolute atomic E-state index is 0.00725. The molecule has 0 spiro atoms. The second kappa shape index (κ2) is 5.38. The third-order valence-electron chi connectivity index (χ3n) is 3.87. The molecule has 2 heterocycles. The number of aromatic amines is 1. The number of nitrogens with zero attached hydrogens (tertiary/aromatic N) is 2. The molecule has 0 radical (unpaired) electrons. The predicted molar refractivity (Wildman–Crippen MR) is 84.3 cm³/mol. The molecule has 0 atom stereocenters. The summed E-state index contributed by atoms with van der Waals surface area (Å²) in [6.07, 6.45) is 1.77. The van der Waals surface area contributed by atoms with E-state index in [2.05, 4.69) is 9.97 Å². The highest BCUT2D eigenvalue weighted by Gasteiger charge is 2.35. The van der Waals surface area contributed by atoms with Crippen molar-refractivity contribution in [1.82, 2.24) is 9.97 Å². The molecule has 23 heavy (non-hydrogen) atoms. The molecule has 0 aliphatic carbocycles. The number of fused-ring (bicyclic) bond motifs is 1. The number of sulfonamides is 1. The van der Waals surface area contributed by atoms with Gasteiger partial charge in [-0.3, -0.25) is 4.31 Å². The van der Waals surface area contributed by atoms with Crippen molar-refractivity contribution in [1.29, 1.82) is 0 Å². The Morgan fingerprint density at radius 2 is 2.13 bits per heavy atom. The van der Waals surface area contributed by atoms with E-state index in [9.17, 15) is 18.3 Å². The van der Waals surface area contributed by atoms with Crippen LogP contribution < -0.4 is 4.31 Å². The molecule has 0 saturated heterocycles. The largest absolute Gasteiger partial charge is 0.478 e. The lowest BCUT2D eigenvalue weighted by Crippen LogP contribution is -2.30. The van der Waals surface area contributed by atoms with Crippen LogP contribution in [0.3, 0.4) is 0 Å². The summed E-state index contributed by atoms with van der Waals surface area (Å²) in [7, 11) is -3.87. The van der Waals surface area contributed by atoms with E-state index in [0.717, 1.165) is 9.87 Å². The fourth-order valence-corrected chi connectivity index (χ4v) is 4.14. The van der Waals surface area contributed by atoms with Crippen LogP contribution in [0.25, 0.3) is 0 Å². The number of hydrogen-bond acceptors (Lipinski definition) is 4. The summed E-state index contributed by atoms with van der Waals surface area (Å²) < 4.78 is 26.9. The number of hydrogen-bond donors (Lipinski definition) is 2. The van der Waals surface area contributed by atoms with Crippen LogP contribution in [-0.4, -0.2) is 36.0 Å². The zero-order chi connectivity index (χ0) is 16.8. The molecule has 0 bridgehead atoms. The maximum atomic E-state index is 12.9. The molecule has 1 aliphatic rings. The summed E-state index contributed by atoms with van der Waals surface area (Å²) >= 11 is 0. The zero-order valence-electron chi connectivity index (χ0n) is 12.8. The van der Waals surface area contributed by atoms with E-state index in [-0.39, 0.29) is 28.7 Å². The lowest BCUT2D eigenvalue weighted by Gasteiger charge is -2.20. The number of H-pyrrole nitrogens is 1. The van der Waals surface area contributed by atoms with Gasteiger partial charge in [-0.25, -0.2) is 9.78 Å². The van der Waals surface area contributed by atoms with Gasteiger partial charge in [0.15, 0.2) is 5.03 Å². The van der Waals surface area contributed by atoms with Crippen LogP contribution in [0, 0.1) is 0 Å². The molecule has 8 heteroatoms. The van der Waals surface area contributed by atoms with E-state index in [4.69, 9.17) is 0 Å². The lowest BCUT2D eigenvalue weighted by molar-refractivity contribution is 0.0698. The topological polar surface area (TPSA) is 103 Å². The van der Waals surface area contributed by atoms with Crippen LogP contribution in [0.1, 0.15) is 41.5 Å². The Labute approximate surface area is 134 Å². The van der Waals surface area contributed by atoms with Crippen molar-refractivity contribution in [2.75, 3.05) is 10.8 Å². The molecular weight excluding hydrogens is 318 g/mol. The molecule has 0 fully saturated rings. The number of nitrogens with one attached hydrogen (secondary N) is 1. The number of benzene rings is 1. The van der Waals surface area contributed by atoms with Gasteiger partial charge in [0.1, 0.15) is 5.82 Å². The predicted octanol–water partition coefficient (Wildman–Crippen LogP) is 1.98. The summed E-state index contributed by atoms with van der Waals surface area (Å²) in [6.45, 7) is 4.03. The van der Waals surface area contributed by atoms with Crippen LogP contribution in [0.4, 0.5) is 5.69 Å². The Morgan fingerprint density at radius 3 is 2.74 bits per heavy atom. The summed E-state index contributed by atoms with van der Waals surface area (Å²) in [6, 6.07) is 4.80. The van der Waals surface area contributed by atoms with Gasteiger partial charge in [0, 0.05) is 12.5 Å². The van der Waals surface area contributed by atoms with Gasteiger partial charge in [-0.1, -0.05) is 26.0 Å². The third kappa shape index (κ3) is 2.48. The van der Waals surface area contributed by atoms with Gasteiger partial charge >= 0.3 is 5.97 Å². The van der Waals surface area contributed by atoms with E-state index < -0.39 is 16.0 Å². The van der Waals surface area contributed by atoms with E-state index in [1.807, 2.05) is 13.8 Å². The maximum Gasteiger partial charge on any atom is 0.337 e. The number of aromatic carboxylic acids is 1. The number of imidazole rings is 1. The third-order valence-corrected chi connectivity index (χ3v) is 5.58. The quantitative estimate of drug-likeness (QED) is 0.889. The van der Waals surface area contributed by atoms with Crippen molar-refractivity contribution >= 4 is 21.7 Å². The number of rotatable bonds is 4. The smallest absolute Gasteiger partial charge is 0.337 e. The summed E-state index contributed by atoms with van der Waals surface area (Å²) in [5, 5.41) is 9.32. The summed E-state index contributed by atoms with van der Waals surface area (Å²) in [5.41, 5.74) is 0.963. The van der Waals surface area contributed by atoms with Crippen molar-refractivity contribution < 1.29 is 18.3 Å². The van der Waals surface area contributed by atoms with E-state index >= 15 is 0 Å². The van der Waals surface area contributed by atoms with Crippen LogP contribution in [0.5, 0.6) is 0 Å². The fourth-order valence-electron chi connectivity index (χ4n) is 2.70. The zero-order valence-corrected chi connectivity index (χ0v) is 13.6. The second-order valence-electron chi connectivity index (χ2n) is 5.73. The van der Waals surface area contributed by atoms with Crippen LogP contribution in [0.2, 0.25) is 0 Å². The van der Waals surface area contributed by atoms with Crippen molar-refractivity contribution in [3.05, 3.63) is 41.3 Å². The normalized spacial score (nSPS) is 14.3. The maximum absolute atomic E-state index is 12.9. The van der Waals surface area contributed by atoms with E-state index in [1.165, 1.54) is 12.3 Å². The number of para-hydroxylation sites is 1. The van der Waals surface area contributed by atoms with Gasteiger partial charge in [0.2, 0.25) is 0 Å². The van der Waals surface area contributed by atoms with Gasteiger partial charge in [0.05, 0.1) is 17.4 Å². The van der Waals surface area contributed by atoms with Crippen LogP contribution >= 0.6 is 0 Å². The fraction of sp³-hybridized carbons (Fsp3) is 0.333. The average molecular weight is 335 g/mol. The molecule has 122 valence electrons. The molecule has 7 nitrogen and oxygen atoms in total. The molecule has 0 amide bonds. The minimum Gasteiger partial charge on any atom is -0.478 e. The van der Waals surface area contributed by atoms with Gasteiger partial charge in [-0.2, -0.15) is 8.42 Å². The molecule has 2 aromatic rings. The minimum atomic E-state index is -3.87. The SMILES string of the molecule is CC(C)c1ncc(S(=O)(=O)N2CCc3cccc(C(=O)O)c32)[nH]1. The molecule has 0 unspecified atom stereocenters. The van der Waals surface area contributed by atoms with Crippen LogP contribution in [-0.2, 0) is 16.4 Å². The molecular formula is C15H17N3O4S. The Hall–Kier alpha value is -2.35. The molecule has 1 aliphatic heterocycles. The summed E-state index contributed by atoms with van der Waals surface area (Å²) in [5.74, 6) is -0.495.